The number of aliphatic hydroxyl groups is 1. The third-order valence-electron chi connectivity index (χ3n) is 4.82. The van der Waals surface area contributed by atoms with Crippen LogP contribution in [0.3, 0.4) is 0 Å². The Morgan fingerprint density at radius 2 is 2.00 bits per heavy atom. The molecule has 9 heteroatoms. The fourth-order valence-electron chi connectivity index (χ4n) is 3.21. The molecule has 3 N–H and O–H groups in total. The zero-order valence-electron chi connectivity index (χ0n) is 17.2. The van der Waals surface area contributed by atoms with Crippen LogP contribution in [0, 0.1) is 5.41 Å². The first kappa shape index (κ1) is 20.2. The molecular formula is C22H22N8O. The van der Waals surface area contributed by atoms with Crippen molar-refractivity contribution in [1.29, 1.82) is 5.41 Å². The average Bonchev–Trinajstić information content (AvgIpc) is 3.40. The number of aliphatic imine (C=N–C) groups is 1. The molecule has 156 valence electrons. The van der Waals surface area contributed by atoms with Crippen LogP contribution in [0.25, 0.3) is 11.4 Å². The van der Waals surface area contributed by atoms with Crippen LogP contribution in [0.15, 0.2) is 71.6 Å². The van der Waals surface area contributed by atoms with Crippen LogP contribution in [0.4, 0.5) is 17.2 Å². The number of nitrogens with one attached hydrogen (secondary N) is 2. The highest BCUT2D eigenvalue weighted by molar-refractivity contribution is 6.04. The minimum Gasteiger partial charge on any atom is -0.392 e. The first-order chi connectivity index (χ1) is 15.0. The zero-order valence-corrected chi connectivity index (χ0v) is 17.2. The Balaban J connectivity index is 1.85. The number of aromatic nitrogens is 4. The van der Waals surface area contributed by atoms with Gasteiger partial charge in [-0.15, -0.1) is 0 Å². The first-order valence-electron chi connectivity index (χ1n) is 9.61. The van der Waals surface area contributed by atoms with Crippen LogP contribution in [0.5, 0.6) is 0 Å². The zero-order chi connectivity index (χ0) is 22.0. The van der Waals surface area contributed by atoms with Crippen molar-refractivity contribution in [3.05, 3.63) is 72.2 Å². The van der Waals surface area contributed by atoms with Crippen LogP contribution in [0.1, 0.15) is 12.5 Å². The summed E-state index contributed by atoms with van der Waals surface area (Å²) in [5.74, 6) is 1.47. The molecule has 1 aliphatic rings. The molecule has 0 spiro atoms. The maximum absolute atomic E-state index is 9.40. The average molecular weight is 414 g/mol. The Bertz CT molecular complexity index is 1210. The molecule has 31 heavy (non-hydrogen) atoms. The van der Waals surface area contributed by atoms with E-state index in [1.807, 2.05) is 48.2 Å². The SMILES string of the molecule is C=CC=NC(=N)/C(C)=C1\Nc2ccc(-c3cnn(C)n3)nc2N1c1ccc(CO)cc1. The summed E-state index contributed by atoms with van der Waals surface area (Å²) in [6.45, 7) is 5.40. The monoisotopic (exact) mass is 414 g/mol. The highest BCUT2D eigenvalue weighted by atomic mass is 16.3. The number of hydrogen-bond acceptors (Lipinski definition) is 7. The van der Waals surface area contributed by atoms with Crippen molar-refractivity contribution in [3.63, 3.8) is 0 Å². The number of fused-ring (bicyclic) bond motifs is 1. The van der Waals surface area contributed by atoms with Gasteiger partial charge in [0.25, 0.3) is 0 Å². The molecule has 3 aromatic rings. The van der Waals surface area contributed by atoms with Crippen molar-refractivity contribution < 1.29 is 5.11 Å². The van der Waals surface area contributed by atoms with Crippen LogP contribution in [0.2, 0.25) is 0 Å². The number of amidine groups is 1. The number of allylic oxidation sites excluding steroid dienone is 1. The first-order valence-corrected chi connectivity index (χ1v) is 9.61. The van der Waals surface area contributed by atoms with E-state index in [9.17, 15) is 5.11 Å². The van der Waals surface area contributed by atoms with Crippen molar-refractivity contribution in [2.75, 3.05) is 10.2 Å². The van der Waals surface area contributed by atoms with E-state index in [-0.39, 0.29) is 12.4 Å². The van der Waals surface area contributed by atoms with Gasteiger partial charge in [0.2, 0.25) is 0 Å². The van der Waals surface area contributed by atoms with E-state index >= 15 is 0 Å². The number of anilines is 3. The summed E-state index contributed by atoms with van der Waals surface area (Å²) in [6.07, 6.45) is 4.68. The van der Waals surface area contributed by atoms with Crippen LogP contribution < -0.4 is 10.2 Å². The Morgan fingerprint density at radius 1 is 1.23 bits per heavy atom. The quantitative estimate of drug-likeness (QED) is 0.435. The molecule has 4 rings (SSSR count). The number of pyridine rings is 1. The molecule has 0 radical (unpaired) electrons. The van der Waals surface area contributed by atoms with E-state index in [0.29, 0.717) is 28.6 Å². The van der Waals surface area contributed by atoms with Gasteiger partial charge in [0, 0.05) is 24.5 Å². The third kappa shape index (κ3) is 3.86. The summed E-state index contributed by atoms with van der Waals surface area (Å²) in [6, 6.07) is 11.3. The molecule has 9 nitrogen and oxygen atoms in total. The van der Waals surface area contributed by atoms with Crippen molar-refractivity contribution in [2.45, 2.75) is 13.5 Å². The Morgan fingerprint density at radius 3 is 2.65 bits per heavy atom. The maximum atomic E-state index is 9.40. The lowest BCUT2D eigenvalue weighted by molar-refractivity contribution is 0.282. The van der Waals surface area contributed by atoms with E-state index in [2.05, 4.69) is 27.1 Å². The largest absolute Gasteiger partial charge is 0.392 e. The molecule has 0 bridgehead atoms. The predicted octanol–water partition coefficient (Wildman–Crippen LogP) is 3.40. The van der Waals surface area contributed by atoms with E-state index in [4.69, 9.17) is 10.4 Å². The van der Waals surface area contributed by atoms with E-state index in [1.165, 1.54) is 17.1 Å². The number of hydrogen-bond donors (Lipinski definition) is 3. The minimum absolute atomic E-state index is 0.0349. The highest BCUT2D eigenvalue weighted by Crippen LogP contribution is 2.42. The summed E-state index contributed by atoms with van der Waals surface area (Å²) < 4.78 is 0. The minimum atomic E-state index is -0.0349. The summed E-state index contributed by atoms with van der Waals surface area (Å²) >= 11 is 0. The van der Waals surface area contributed by atoms with Crippen LogP contribution in [-0.2, 0) is 13.7 Å². The lowest BCUT2D eigenvalue weighted by Crippen LogP contribution is -2.19. The lowest BCUT2D eigenvalue weighted by atomic mass is 10.2. The molecule has 0 unspecified atom stereocenters. The summed E-state index contributed by atoms with van der Waals surface area (Å²) in [7, 11) is 1.76. The highest BCUT2D eigenvalue weighted by Gasteiger charge is 2.30. The molecule has 0 saturated heterocycles. The van der Waals surface area contributed by atoms with Gasteiger partial charge in [0.15, 0.2) is 11.7 Å². The molecule has 3 heterocycles. The molecule has 0 fully saturated rings. The van der Waals surface area contributed by atoms with E-state index < -0.39 is 0 Å². The van der Waals surface area contributed by atoms with Crippen molar-refractivity contribution in [1.82, 2.24) is 20.0 Å². The van der Waals surface area contributed by atoms with Crippen molar-refractivity contribution >= 4 is 29.2 Å². The molecule has 0 aliphatic carbocycles. The van der Waals surface area contributed by atoms with Gasteiger partial charge in [0.05, 0.1) is 24.2 Å². The summed E-state index contributed by atoms with van der Waals surface area (Å²) in [5.41, 5.74) is 4.44. The number of rotatable bonds is 5. The summed E-state index contributed by atoms with van der Waals surface area (Å²) in [5, 5.41) is 29.6. The van der Waals surface area contributed by atoms with Gasteiger partial charge in [-0.3, -0.25) is 10.3 Å². The van der Waals surface area contributed by atoms with E-state index in [0.717, 1.165) is 16.9 Å². The smallest absolute Gasteiger partial charge is 0.163 e. The normalized spacial score (nSPS) is 14.5. The molecule has 0 amide bonds. The fourth-order valence-corrected chi connectivity index (χ4v) is 3.21. The van der Waals surface area contributed by atoms with Gasteiger partial charge in [0.1, 0.15) is 11.5 Å². The second-order valence-electron chi connectivity index (χ2n) is 6.91. The standard InChI is InChI=1S/C22H22N8O/c1-4-11-24-20(23)14(2)21-27-18-10-9-17(19-12-25-29(3)28-19)26-22(18)30(21)16-7-5-15(13-31)6-8-16/h4-12,23,27,31H,1,13H2,2-3H3/b21-14+,23-20?,24-11?. The van der Waals surface area contributed by atoms with Gasteiger partial charge >= 0.3 is 0 Å². The second-order valence-corrected chi connectivity index (χ2v) is 6.91. The van der Waals surface area contributed by atoms with Gasteiger partial charge in [-0.1, -0.05) is 24.8 Å². The van der Waals surface area contributed by atoms with Crippen LogP contribution >= 0.6 is 0 Å². The Kier molecular flexibility index (Phi) is 5.42. The van der Waals surface area contributed by atoms with Crippen molar-refractivity contribution in [2.24, 2.45) is 12.0 Å². The fraction of sp³-hybridized carbons (Fsp3) is 0.136. The molecule has 0 atom stereocenters. The van der Waals surface area contributed by atoms with E-state index in [1.54, 1.807) is 13.2 Å². The molecule has 2 aromatic heterocycles. The molecule has 1 aromatic carbocycles. The number of benzene rings is 1. The second kappa shape index (κ2) is 8.33. The maximum Gasteiger partial charge on any atom is 0.163 e. The van der Waals surface area contributed by atoms with Crippen LogP contribution in [-0.4, -0.2) is 37.1 Å². The topological polar surface area (TPSA) is 115 Å². The number of aryl methyl sites for hydroxylation is 1. The third-order valence-corrected chi connectivity index (χ3v) is 4.82. The van der Waals surface area contributed by atoms with Crippen molar-refractivity contribution in [3.8, 4) is 11.4 Å². The van der Waals surface area contributed by atoms with Gasteiger partial charge < -0.3 is 10.4 Å². The predicted molar refractivity (Wildman–Crippen MR) is 121 cm³/mol. The van der Waals surface area contributed by atoms with Gasteiger partial charge in [-0.25, -0.2) is 9.98 Å². The number of nitrogens with zero attached hydrogens (tertiary/aromatic N) is 6. The molecular weight excluding hydrogens is 392 g/mol. The molecule has 1 aliphatic heterocycles. The lowest BCUT2D eigenvalue weighted by Gasteiger charge is -2.21. The number of aliphatic hydroxyl groups excluding tert-OH is 1. The summed E-state index contributed by atoms with van der Waals surface area (Å²) in [4.78, 5) is 12.4. The Hall–Kier alpha value is -4.11. The van der Waals surface area contributed by atoms with Gasteiger partial charge in [-0.2, -0.15) is 15.0 Å². The molecule has 0 saturated carbocycles. The Labute approximate surface area is 179 Å². The van der Waals surface area contributed by atoms with Gasteiger partial charge in [-0.05, 0) is 36.8 Å².